The molecule has 0 unspecified atom stereocenters. The van der Waals surface area contributed by atoms with Crippen LogP contribution in [-0.4, -0.2) is 36.2 Å². The molecule has 0 aliphatic carbocycles. The van der Waals surface area contributed by atoms with Crippen molar-refractivity contribution in [3.8, 4) is 22.6 Å². The topological polar surface area (TPSA) is 82.5 Å². The molecular weight excluding hydrogens is 530 g/mol. The zero-order chi connectivity index (χ0) is 24.9. The molecule has 0 saturated carbocycles. The molecule has 0 saturated heterocycles. The zero-order valence-corrected chi connectivity index (χ0v) is 22.2. The van der Waals surface area contributed by atoms with Crippen LogP contribution in [0.15, 0.2) is 58.1 Å². The van der Waals surface area contributed by atoms with E-state index in [0.717, 1.165) is 32.5 Å². The number of nitrogens with one attached hydrogen (secondary N) is 1. The van der Waals surface area contributed by atoms with Crippen LogP contribution in [-0.2, 0) is 24.2 Å². The maximum atomic E-state index is 13.4. The van der Waals surface area contributed by atoms with E-state index in [1.165, 1.54) is 22.2 Å². The highest BCUT2D eigenvalue weighted by Gasteiger charge is 2.19. The molecule has 2 heterocycles. The van der Waals surface area contributed by atoms with Gasteiger partial charge in [0.25, 0.3) is 5.56 Å². The van der Waals surface area contributed by atoms with Crippen molar-refractivity contribution in [3.63, 3.8) is 0 Å². The van der Waals surface area contributed by atoms with Gasteiger partial charge in [-0.3, -0.25) is 14.2 Å². The molecule has 182 valence electrons. The Hall–Kier alpha value is -3.17. The fourth-order valence-electron chi connectivity index (χ4n) is 3.95. The Morgan fingerprint density at radius 3 is 2.54 bits per heavy atom. The summed E-state index contributed by atoms with van der Waals surface area (Å²) in [6, 6.07) is 13.5. The predicted octanol–water partition coefficient (Wildman–Crippen LogP) is 4.83. The van der Waals surface area contributed by atoms with Crippen LogP contribution in [0.2, 0.25) is 0 Å². The number of thiophene rings is 1. The summed E-state index contributed by atoms with van der Waals surface area (Å²) in [7, 11) is 3.18. The monoisotopic (exact) mass is 555 g/mol. The number of rotatable bonds is 9. The highest BCUT2D eigenvalue weighted by atomic mass is 79.9. The van der Waals surface area contributed by atoms with E-state index < -0.39 is 0 Å². The quantitative estimate of drug-likeness (QED) is 0.320. The number of hydrogen-bond donors (Lipinski definition) is 1. The van der Waals surface area contributed by atoms with Crippen LogP contribution in [0.3, 0.4) is 0 Å². The van der Waals surface area contributed by atoms with E-state index >= 15 is 0 Å². The third-order valence-electron chi connectivity index (χ3n) is 5.70. The fourth-order valence-corrected chi connectivity index (χ4v) is 5.30. The number of hydrogen-bond acceptors (Lipinski definition) is 6. The van der Waals surface area contributed by atoms with Gasteiger partial charge in [0.1, 0.15) is 11.4 Å². The molecule has 0 spiro atoms. The van der Waals surface area contributed by atoms with Gasteiger partial charge in [-0.1, -0.05) is 41.1 Å². The van der Waals surface area contributed by atoms with Gasteiger partial charge in [0.15, 0.2) is 11.5 Å². The van der Waals surface area contributed by atoms with Crippen LogP contribution in [0.4, 0.5) is 0 Å². The van der Waals surface area contributed by atoms with Crippen molar-refractivity contribution in [1.82, 2.24) is 14.9 Å². The summed E-state index contributed by atoms with van der Waals surface area (Å²) in [6.45, 7) is 2.41. The molecule has 0 radical (unpaired) electrons. The van der Waals surface area contributed by atoms with Crippen LogP contribution in [0.25, 0.3) is 21.3 Å². The molecule has 0 atom stereocenters. The third kappa shape index (κ3) is 5.41. The molecule has 0 bridgehead atoms. The van der Waals surface area contributed by atoms with E-state index in [-0.39, 0.29) is 18.0 Å². The first-order valence-corrected chi connectivity index (χ1v) is 12.8. The van der Waals surface area contributed by atoms with Gasteiger partial charge in [-0.15, -0.1) is 11.3 Å². The molecule has 2 aromatic heterocycles. The summed E-state index contributed by atoms with van der Waals surface area (Å²) in [6.07, 6.45) is 2.87. The van der Waals surface area contributed by atoms with Crippen LogP contribution >= 0.6 is 27.3 Å². The lowest BCUT2D eigenvalue weighted by atomic mass is 10.0. The Morgan fingerprint density at radius 2 is 1.86 bits per heavy atom. The fraction of sp³-hybridized carbons (Fsp3) is 0.269. The first-order chi connectivity index (χ1) is 16.9. The van der Waals surface area contributed by atoms with Gasteiger partial charge in [-0.05, 0) is 48.2 Å². The van der Waals surface area contributed by atoms with Crippen molar-refractivity contribution in [2.45, 2.75) is 26.3 Å². The van der Waals surface area contributed by atoms with Crippen molar-refractivity contribution >= 4 is 43.4 Å². The van der Waals surface area contributed by atoms with E-state index in [9.17, 15) is 9.59 Å². The first kappa shape index (κ1) is 24.9. The summed E-state index contributed by atoms with van der Waals surface area (Å²) in [4.78, 5) is 32.3. The van der Waals surface area contributed by atoms with Crippen LogP contribution in [0.5, 0.6) is 11.5 Å². The second kappa shape index (κ2) is 11.0. The number of halogens is 1. The number of aryl methyl sites for hydroxylation is 1. The summed E-state index contributed by atoms with van der Waals surface area (Å²) in [5, 5.41) is 3.45. The highest BCUT2D eigenvalue weighted by molar-refractivity contribution is 9.10. The molecule has 1 N–H and O–H groups in total. The van der Waals surface area contributed by atoms with Crippen molar-refractivity contribution in [3.05, 3.63) is 74.1 Å². The van der Waals surface area contributed by atoms with Crippen molar-refractivity contribution in [2.75, 3.05) is 20.8 Å². The van der Waals surface area contributed by atoms with Crippen LogP contribution in [0.1, 0.15) is 17.4 Å². The number of aromatic nitrogens is 2. The zero-order valence-electron chi connectivity index (χ0n) is 19.8. The molecule has 4 rings (SSSR count). The van der Waals surface area contributed by atoms with E-state index in [1.54, 1.807) is 14.2 Å². The maximum Gasteiger partial charge on any atom is 0.263 e. The summed E-state index contributed by atoms with van der Waals surface area (Å²) in [5.41, 5.74) is 2.67. The van der Waals surface area contributed by atoms with Gasteiger partial charge < -0.3 is 14.8 Å². The molecule has 2 aromatic carbocycles. The average Bonchev–Trinajstić information content (AvgIpc) is 3.25. The molecule has 9 heteroatoms. The molecule has 7 nitrogen and oxygen atoms in total. The van der Waals surface area contributed by atoms with Gasteiger partial charge >= 0.3 is 0 Å². The summed E-state index contributed by atoms with van der Waals surface area (Å²) < 4.78 is 12.9. The van der Waals surface area contributed by atoms with Crippen LogP contribution < -0.4 is 20.3 Å². The normalized spacial score (nSPS) is 11.0. The number of nitrogens with zero attached hydrogens (tertiary/aromatic N) is 2. The largest absolute Gasteiger partial charge is 0.493 e. The van der Waals surface area contributed by atoms with Gasteiger partial charge in [0, 0.05) is 21.5 Å². The third-order valence-corrected chi connectivity index (χ3v) is 7.47. The van der Waals surface area contributed by atoms with E-state index in [4.69, 9.17) is 9.47 Å². The van der Waals surface area contributed by atoms with E-state index in [0.29, 0.717) is 34.7 Å². The predicted molar refractivity (Wildman–Crippen MR) is 143 cm³/mol. The Morgan fingerprint density at radius 1 is 1.11 bits per heavy atom. The van der Waals surface area contributed by atoms with Gasteiger partial charge in [0.05, 0.1) is 25.9 Å². The van der Waals surface area contributed by atoms with Gasteiger partial charge in [0.2, 0.25) is 5.91 Å². The molecule has 35 heavy (non-hydrogen) atoms. The number of carbonyl (C=O) groups is 1. The minimum atomic E-state index is -0.245. The standard InChI is InChI=1S/C26H26BrN3O4S/c1-4-21-23(17-6-8-18(27)9-7-17)24-25(35-21)29-15-30(26(24)32)14-22(31)28-12-11-16-5-10-19(33-2)20(13-16)34-3/h5-10,13,15H,4,11-12,14H2,1-3H3,(H,28,31). The number of carbonyl (C=O) groups excluding carboxylic acids is 1. The molecule has 4 aromatic rings. The Labute approximate surface area is 215 Å². The molecule has 0 aliphatic rings. The molecule has 0 fully saturated rings. The molecular formula is C26H26BrN3O4S. The van der Waals surface area contributed by atoms with Crippen molar-refractivity contribution in [2.24, 2.45) is 0 Å². The molecule has 0 aliphatic heterocycles. The maximum absolute atomic E-state index is 13.4. The van der Waals surface area contributed by atoms with Gasteiger partial charge in [-0.25, -0.2) is 4.98 Å². The lowest BCUT2D eigenvalue weighted by molar-refractivity contribution is -0.121. The Kier molecular flexibility index (Phi) is 7.87. The number of methoxy groups -OCH3 is 2. The number of benzene rings is 2. The first-order valence-electron chi connectivity index (χ1n) is 11.2. The summed E-state index contributed by atoms with van der Waals surface area (Å²) >= 11 is 4.99. The van der Waals surface area contributed by atoms with E-state index in [2.05, 4.69) is 33.2 Å². The van der Waals surface area contributed by atoms with E-state index in [1.807, 2.05) is 42.5 Å². The SMILES string of the molecule is CCc1sc2ncn(CC(=O)NCCc3ccc(OC)c(OC)c3)c(=O)c2c1-c1ccc(Br)cc1. The van der Waals surface area contributed by atoms with Crippen molar-refractivity contribution < 1.29 is 14.3 Å². The average molecular weight is 556 g/mol. The number of fused-ring (bicyclic) bond motifs is 1. The second-order valence-electron chi connectivity index (χ2n) is 7.91. The Bertz CT molecular complexity index is 1410. The van der Waals surface area contributed by atoms with Crippen molar-refractivity contribution in [1.29, 1.82) is 0 Å². The minimum Gasteiger partial charge on any atom is -0.493 e. The Balaban J connectivity index is 1.51. The summed E-state index contributed by atoms with van der Waals surface area (Å²) in [5.74, 6) is 1.06. The van der Waals surface area contributed by atoms with Crippen LogP contribution in [0, 0.1) is 0 Å². The number of ether oxygens (including phenoxy) is 2. The molecule has 1 amide bonds. The van der Waals surface area contributed by atoms with Gasteiger partial charge in [-0.2, -0.15) is 0 Å². The second-order valence-corrected chi connectivity index (χ2v) is 9.91. The highest BCUT2D eigenvalue weighted by Crippen LogP contribution is 2.36. The lowest BCUT2D eigenvalue weighted by Crippen LogP contribution is -2.33. The number of amides is 1. The smallest absolute Gasteiger partial charge is 0.263 e. The minimum absolute atomic E-state index is 0.0925. The lowest BCUT2D eigenvalue weighted by Gasteiger charge is -2.11.